The van der Waals surface area contributed by atoms with Crippen LogP contribution in [0.4, 0.5) is 0 Å². The van der Waals surface area contributed by atoms with Gasteiger partial charge >= 0.3 is 0 Å². The highest BCUT2D eigenvalue weighted by Crippen LogP contribution is 2.42. The zero-order valence-electron chi connectivity index (χ0n) is 17.3. The number of methoxy groups -OCH3 is 1. The fourth-order valence-corrected chi connectivity index (χ4v) is 5.39. The molecule has 1 aliphatic carbocycles. The van der Waals surface area contributed by atoms with E-state index in [9.17, 15) is 4.79 Å². The maximum atomic E-state index is 13.6. The van der Waals surface area contributed by atoms with Crippen molar-refractivity contribution < 1.29 is 14.3 Å². The molecule has 3 heterocycles. The molecule has 3 fully saturated rings. The van der Waals surface area contributed by atoms with Crippen molar-refractivity contribution in [2.75, 3.05) is 53.0 Å². The van der Waals surface area contributed by atoms with Crippen molar-refractivity contribution in [2.24, 2.45) is 13.0 Å². The number of aromatic nitrogens is 2. The van der Waals surface area contributed by atoms with Gasteiger partial charge in [-0.2, -0.15) is 5.10 Å². The van der Waals surface area contributed by atoms with Crippen LogP contribution >= 0.6 is 0 Å². The first-order valence-electron chi connectivity index (χ1n) is 10.8. The Morgan fingerprint density at radius 1 is 1.32 bits per heavy atom. The molecule has 2 saturated heterocycles. The summed E-state index contributed by atoms with van der Waals surface area (Å²) in [5, 5.41) is 4.37. The highest BCUT2D eigenvalue weighted by molar-refractivity contribution is 5.88. The fraction of sp³-hybridized carbons (Fsp3) is 0.810. The summed E-state index contributed by atoms with van der Waals surface area (Å²) in [6.45, 7) is 5.03. The lowest BCUT2D eigenvalue weighted by Gasteiger charge is -2.42. The third-order valence-electron chi connectivity index (χ3n) is 6.85. The molecule has 156 valence electrons. The first-order chi connectivity index (χ1) is 13.6. The number of morpholine rings is 1. The summed E-state index contributed by atoms with van der Waals surface area (Å²) in [7, 11) is 3.64. The molecule has 7 nitrogen and oxygen atoms in total. The van der Waals surface area contributed by atoms with Gasteiger partial charge in [-0.05, 0) is 24.8 Å². The van der Waals surface area contributed by atoms with Crippen molar-refractivity contribution in [3.05, 3.63) is 18.0 Å². The minimum absolute atomic E-state index is 0.0152. The number of carbonyl (C=O) groups is 1. The average Bonchev–Trinajstić information content (AvgIpc) is 3.27. The zero-order chi connectivity index (χ0) is 19.6. The molecule has 0 radical (unpaired) electrons. The van der Waals surface area contributed by atoms with Gasteiger partial charge in [0.25, 0.3) is 5.91 Å². The molecule has 1 amide bonds. The van der Waals surface area contributed by atoms with Gasteiger partial charge in [-0.3, -0.25) is 14.4 Å². The molecule has 4 rings (SSSR count). The fourth-order valence-electron chi connectivity index (χ4n) is 5.39. The van der Waals surface area contributed by atoms with Crippen LogP contribution in [0.15, 0.2) is 12.3 Å². The molecule has 1 aromatic heterocycles. The number of nitrogens with zero attached hydrogens (tertiary/aromatic N) is 4. The highest BCUT2D eigenvalue weighted by Gasteiger charge is 2.57. The van der Waals surface area contributed by atoms with Crippen molar-refractivity contribution >= 4 is 5.91 Å². The van der Waals surface area contributed by atoms with Gasteiger partial charge in [-0.1, -0.05) is 19.3 Å². The molecule has 0 N–H and O–H groups in total. The van der Waals surface area contributed by atoms with Crippen LogP contribution in [-0.2, 0) is 21.3 Å². The predicted molar refractivity (Wildman–Crippen MR) is 106 cm³/mol. The molecular formula is C21H34N4O3. The van der Waals surface area contributed by atoms with Gasteiger partial charge < -0.3 is 14.4 Å². The van der Waals surface area contributed by atoms with E-state index in [2.05, 4.69) is 10.00 Å². The van der Waals surface area contributed by atoms with Gasteiger partial charge in [0.1, 0.15) is 0 Å². The van der Waals surface area contributed by atoms with Gasteiger partial charge in [-0.15, -0.1) is 0 Å². The second-order valence-electron chi connectivity index (χ2n) is 8.65. The Bertz CT molecular complexity index is 672. The van der Waals surface area contributed by atoms with E-state index in [1.807, 2.05) is 28.9 Å². The summed E-state index contributed by atoms with van der Waals surface area (Å²) < 4.78 is 13.5. The van der Waals surface area contributed by atoms with Gasteiger partial charge in [0.15, 0.2) is 5.60 Å². The molecule has 1 saturated carbocycles. The SMILES string of the molecule is COCCN1CCO[C@@]2(CN(CC3CCCCC3)C[C@H]2c2ccnn2C)C1=O. The normalized spacial score (nSPS) is 29.9. The summed E-state index contributed by atoms with van der Waals surface area (Å²) in [6, 6.07) is 2.04. The topological polar surface area (TPSA) is 59.8 Å². The van der Waals surface area contributed by atoms with E-state index < -0.39 is 5.60 Å². The summed E-state index contributed by atoms with van der Waals surface area (Å²) in [6.07, 6.45) is 8.50. The number of hydrogen-bond donors (Lipinski definition) is 0. The summed E-state index contributed by atoms with van der Waals surface area (Å²) >= 11 is 0. The molecular weight excluding hydrogens is 356 g/mol. The lowest BCUT2D eigenvalue weighted by Crippen LogP contribution is -2.60. The molecule has 1 aromatic rings. The number of amides is 1. The van der Waals surface area contributed by atoms with Gasteiger partial charge in [-0.25, -0.2) is 0 Å². The van der Waals surface area contributed by atoms with Gasteiger partial charge in [0.2, 0.25) is 0 Å². The van der Waals surface area contributed by atoms with Crippen LogP contribution in [-0.4, -0.2) is 84.1 Å². The average molecular weight is 391 g/mol. The highest BCUT2D eigenvalue weighted by atomic mass is 16.5. The van der Waals surface area contributed by atoms with Gasteiger partial charge in [0, 0.05) is 58.8 Å². The smallest absolute Gasteiger partial charge is 0.257 e. The van der Waals surface area contributed by atoms with Crippen LogP contribution < -0.4 is 0 Å². The Morgan fingerprint density at radius 2 is 2.14 bits per heavy atom. The van der Waals surface area contributed by atoms with Crippen molar-refractivity contribution in [3.63, 3.8) is 0 Å². The van der Waals surface area contributed by atoms with Crippen molar-refractivity contribution in [2.45, 2.75) is 43.6 Å². The monoisotopic (exact) mass is 390 g/mol. The predicted octanol–water partition coefficient (Wildman–Crippen LogP) is 1.64. The van der Waals surface area contributed by atoms with E-state index in [-0.39, 0.29) is 11.8 Å². The largest absolute Gasteiger partial charge is 0.383 e. The molecule has 2 atom stereocenters. The third kappa shape index (κ3) is 3.72. The standard InChI is InChI=1S/C21H34N4O3/c1-23-19(8-9-22-23)18-15-24(14-17-6-4-3-5-7-17)16-21(18)20(26)25(10-12-27-2)11-13-28-21/h8-9,17-18H,3-7,10-16H2,1-2H3/t18-,21+/m0/s1. The minimum atomic E-state index is -0.797. The number of aryl methyl sites for hydroxylation is 1. The number of hydrogen-bond acceptors (Lipinski definition) is 5. The third-order valence-corrected chi connectivity index (χ3v) is 6.85. The van der Waals surface area contributed by atoms with Gasteiger partial charge in [0.05, 0.1) is 19.1 Å². The Kier molecular flexibility index (Phi) is 6.04. The summed E-state index contributed by atoms with van der Waals surface area (Å²) in [5.74, 6) is 0.883. The van der Waals surface area contributed by atoms with Crippen molar-refractivity contribution in [1.82, 2.24) is 19.6 Å². The molecule has 0 aromatic carbocycles. The van der Waals surface area contributed by atoms with Crippen LogP contribution in [0.25, 0.3) is 0 Å². The molecule has 1 spiro atoms. The second kappa shape index (κ2) is 8.51. The lowest BCUT2D eigenvalue weighted by molar-refractivity contribution is -0.173. The number of rotatable bonds is 6. The van der Waals surface area contributed by atoms with Crippen LogP contribution in [0.5, 0.6) is 0 Å². The second-order valence-corrected chi connectivity index (χ2v) is 8.65. The Balaban J connectivity index is 1.58. The quantitative estimate of drug-likeness (QED) is 0.739. The minimum Gasteiger partial charge on any atom is -0.383 e. The van der Waals surface area contributed by atoms with E-state index in [1.54, 1.807) is 7.11 Å². The number of likely N-dealkylation sites (tertiary alicyclic amines) is 1. The van der Waals surface area contributed by atoms with Crippen molar-refractivity contribution in [1.29, 1.82) is 0 Å². The van der Waals surface area contributed by atoms with E-state index in [4.69, 9.17) is 9.47 Å². The lowest BCUT2D eigenvalue weighted by atomic mass is 9.85. The molecule has 7 heteroatoms. The van der Waals surface area contributed by atoms with Crippen LogP contribution in [0.2, 0.25) is 0 Å². The first kappa shape index (κ1) is 19.9. The van der Waals surface area contributed by atoms with Crippen LogP contribution in [0, 0.1) is 5.92 Å². The molecule has 0 bridgehead atoms. The molecule has 28 heavy (non-hydrogen) atoms. The maximum absolute atomic E-state index is 13.6. The molecule has 3 aliphatic rings. The Hall–Kier alpha value is -1.44. The van der Waals surface area contributed by atoms with E-state index >= 15 is 0 Å². The zero-order valence-corrected chi connectivity index (χ0v) is 17.3. The van der Waals surface area contributed by atoms with Crippen LogP contribution in [0.3, 0.4) is 0 Å². The van der Waals surface area contributed by atoms with E-state index in [1.165, 1.54) is 32.1 Å². The van der Waals surface area contributed by atoms with E-state index in [0.29, 0.717) is 32.8 Å². The maximum Gasteiger partial charge on any atom is 0.257 e. The van der Waals surface area contributed by atoms with E-state index in [0.717, 1.165) is 24.7 Å². The number of ether oxygens (including phenoxy) is 2. The Labute approximate surface area is 167 Å². The molecule has 0 unspecified atom stereocenters. The summed E-state index contributed by atoms with van der Waals surface area (Å²) in [5.41, 5.74) is 0.294. The Morgan fingerprint density at radius 3 is 2.86 bits per heavy atom. The molecule has 2 aliphatic heterocycles. The number of carbonyl (C=O) groups excluding carboxylic acids is 1. The first-order valence-corrected chi connectivity index (χ1v) is 10.8. The van der Waals surface area contributed by atoms with Crippen molar-refractivity contribution in [3.8, 4) is 0 Å². The van der Waals surface area contributed by atoms with Crippen LogP contribution in [0.1, 0.15) is 43.7 Å². The summed E-state index contributed by atoms with van der Waals surface area (Å²) in [4.78, 5) is 18.0.